The van der Waals surface area contributed by atoms with Crippen molar-refractivity contribution in [3.05, 3.63) is 28.2 Å². The van der Waals surface area contributed by atoms with E-state index in [1.54, 1.807) is 12.1 Å². The molecule has 98 valence electrons. The molecule has 0 aromatic heterocycles. The van der Waals surface area contributed by atoms with Gasteiger partial charge in [-0.25, -0.2) is 0 Å². The molecule has 2 unspecified atom stereocenters. The Balaban J connectivity index is 2.25. The SMILES string of the molecule is CC1CCCN(C(=O)c2ccc(Br)cc2N)C1C. The van der Waals surface area contributed by atoms with E-state index in [0.717, 1.165) is 17.4 Å². The fourth-order valence-corrected chi connectivity index (χ4v) is 2.88. The standard InChI is InChI=1S/C14H19BrN2O/c1-9-4-3-7-17(10(9)2)14(18)12-6-5-11(15)8-13(12)16/h5-6,8-10H,3-4,7,16H2,1-2H3. The van der Waals surface area contributed by atoms with Crippen LogP contribution in [0.4, 0.5) is 5.69 Å². The van der Waals surface area contributed by atoms with E-state index in [4.69, 9.17) is 5.73 Å². The van der Waals surface area contributed by atoms with Gasteiger partial charge in [0.25, 0.3) is 5.91 Å². The molecule has 1 aliphatic heterocycles. The number of benzene rings is 1. The Morgan fingerprint density at radius 1 is 1.44 bits per heavy atom. The van der Waals surface area contributed by atoms with Crippen LogP contribution in [0, 0.1) is 5.92 Å². The molecule has 1 saturated heterocycles. The van der Waals surface area contributed by atoms with Gasteiger partial charge < -0.3 is 10.6 Å². The van der Waals surface area contributed by atoms with E-state index in [2.05, 4.69) is 29.8 Å². The Hall–Kier alpha value is -1.03. The third-order valence-electron chi connectivity index (χ3n) is 3.88. The lowest BCUT2D eigenvalue weighted by molar-refractivity contribution is 0.0552. The van der Waals surface area contributed by atoms with Gasteiger partial charge in [0.15, 0.2) is 0 Å². The number of likely N-dealkylation sites (tertiary alicyclic amines) is 1. The van der Waals surface area contributed by atoms with Gasteiger partial charge in [-0.3, -0.25) is 4.79 Å². The lowest BCUT2D eigenvalue weighted by Crippen LogP contribution is -2.46. The molecule has 0 bridgehead atoms. The van der Waals surface area contributed by atoms with E-state index in [0.29, 0.717) is 17.2 Å². The summed E-state index contributed by atoms with van der Waals surface area (Å²) in [7, 11) is 0. The topological polar surface area (TPSA) is 46.3 Å². The largest absolute Gasteiger partial charge is 0.398 e. The molecule has 0 spiro atoms. The van der Waals surface area contributed by atoms with E-state index in [1.807, 2.05) is 11.0 Å². The van der Waals surface area contributed by atoms with Crippen molar-refractivity contribution in [2.75, 3.05) is 12.3 Å². The van der Waals surface area contributed by atoms with Gasteiger partial charge in [-0.1, -0.05) is 22.9 Å². The lowest BCUT2D eigenvalue weighted by atomic mass is 9.91. The molecule has 18 heavy (non-hydrogen) atoms. The van der Waals surface area contributed by atoms with Crippen molar-refractivity contribution >= 4 is 27.5 Å². The van der Waals surface area contributed by atoms with Gasteiger partial charge >= 0.3 is 0 Å². The maximum absolute atomic E-state index is 12.5. The summed E-state index contributed by atoms with van der Waals surface area (Å²) in [5.41, 5.74) is 7.08. The molecule has 4 heteroatoms. The molecule has 2 N–H and O–H groups in total. The highest BCUT2D eigenvalue weighted by Gasteiger charge is 2.29. The molecule has 1 fully saturated rings. The number of amides is 1. The van der Waals surface area contributed by atoms with Crippen LogP contribution in [0.5, 0.6) is 0 Å². The number of hydrogen-bond acceptors (Lipinski definition) is 2. The number of halogens is 1. The lowest BCUT2D eigenvalue weighted by Gasteiger charge is -2.38. The van der Waals surface area contributed by atoms with Crippen LogP contribution in [-0.4, -0.2) is 23.4 Å². The normalized spacial score (nSPS) is 24.1. The minimum atomic E-state index is 0.0547. The van der Waals surface area contributed by atoms with Crippen LogP contribution in [0.15, 0.2) is 22.7 Å². The highest BCUT2D eigenvalue weighted by atomic mass is 79.9. The van der Waals surface area contributed by atoms with Crippen LogP contribution >= 0.6 is 15.9 Å². The second-order valence-electron chi connectivity index (χ2n) is 5.09. The average Bonchev–Trinajstić information content (AvgIpc) is 2.32. The third kappa shape index (κ3) is 2.53. The molecule has 2 rings (SSSR count). The summed E-state index contributed by atoms with van der Waals surface area (Å²) >= 11 is 3.36. The van der Waals surface area contributed by atoms with Crippen LogP contribution in [-0.2, 0) is 0 Å². The van der Waals surface area contributed by atoms with E-state index in [-0.39, 0.29) is 11.9 Å². The van der Waals surface area contributed by atoms with Gasteiger partial charge in [-0.05, 0) is 43.9 Å². The van der Waals surface area contributed by atoms with Gasteiger partial charge in [0.1, 0.15) is 0 Å². The van der Waals surface area contributed by atoms with Gasteiger partial charge in [-0.2, -0.15) is 0 Å². The van der Waals surface area contributed by atoms with Crippen molar-refractivity contribution in [1.82, 2.24) is 4.90 Å². The van der Waals surface area contributed by atoms with Crippen LogP contribution < -0.4 is 5.73 Å². The quantitative estimate of drug-likeness (QED) is 0.809. The average molecular weight is 311 g/mol. The van der Waals surface area contributed by atoms with Crippen LogP contribution in [0.2, 0.25) is 0 Å². The molecule has 0 radical (unpaired) electrons. The summed E-state index contributed by atoms with van der Waals surface area (Å²) in [6.45, 7) is 5.16. The van der Waals surface area contributed by atoms with Crippen molar-refractivity contribution in [2.24, 2.45) is 5.92 Å². The van der Waals surface area contributed by atoms with Gasteiger partial charge in [0, 0.05) is 22.7 Å². The van der Waals surface area contributed by atoms with Crippen molar-refractivity contribution in [3.63, 3.8) is 0 Å². The molecular formula is C14H19BrN2O. The summed E-state index contributed by atoms with van der Waals surface area (Å²) < 4.78 is 0.900. The number of nitrogens with two attached hydrogens (primary N) is 1. The van der Waals surface area contributed by atoms with Crippen molar-refractivity contribution in [3.8, 4) is 0 Å². The maximum Gasteiger partial charge on any atom is 0.256 e. The molecule has 1 amide bonds. The Bertz CT molecular complexity index is 461. The zero-order valence-corrected chi connectivity index (χ0v) is 12.4. The summed E-state index contributed by atoms with van der Waals surface area (Å²) in [5, 5.41) is 0. The van der Waals surface area contributed by atoms with Gasteiger partial charge in [0.05, 0.1) is 5.56 Å². The second-order valence-corrected chi connectivity index (χ2v) is 6.01. The van der Waals surface area contributed by atoms with Crippen LogP contribution in [0.3, 0.4) is 0 Å². The Kier molecular flexibility index (Phi) is 3.95. The smallest absolute Gasteiger partial charge is 0.256 e. The van der Waals surface area contributed by atoms with Gasteiger partial charge in [-0.15, -0.1) is 0 Å². The summed E-state index contributed by atoms with van der Waals surface area (Å²) in [5.74, 6) is 0.610. The first-order chi connectivity index (χ1) is 8.50. The minimum absolute atomic E-state index is 0.0547. The van der Waals surface area contributed by atoms with Gasteiger partial charge in [0.2, 0.25) is 0 Å². The summed E-state index contributed by atoms with van der Waals surface area (Å²) in [4.78, 5) is 14.5. The third-order valence-corrected chi connectivity index (χ3v) is 4.37. The molecule has 1 aromatic carbocycles. The number of carbonyl (C=O) groups is 1. The zero-order chi connectivity index (χ0) is 13.3. The summed E-state index contributed by atoms with van der Waals surface area (Å²) in [6, 6.07) is 5.73. The first-order valence-corrected chi connectivity index (χ1v) is 7.16. The molecule has 0 saturated carbocycles. The fourth-order valence-electron chi connectivity index (χ4n) is 2.51. The minimum Gasteiger partial charge on any atom is -0.398 e. The van der Waals surface area contributed by atoms with Crippen LogP contribution in [0.25, 0.3) is 0 Å². The zero-order valence-electron chi connectivity index (χ0n) is 10.8. The molecule has 3 nitrogen and oxygen atoms in total. The molecular weight excluding hydrogens is 292 g/mol. The predicted molar refractivity (Wildman–Crippen MR) is 77.5 cm³/mol. The van der Waals surface area contributed by atoms with E-state index in [9.17, 15) is 4.79 Å². The second kappa shape index (κ2) is 5.31. The monoisotopic (exact) mass is 310 g/mol. The first-order valence-electron chi connectivity index (χ1n) is 6.36. The molecule has 2 atom stereocenters. The fraction of sp³-hybridized carbons (Fsp3) is 0.500. The van der Waals surface area contributed by atoms with Crippen molar-refractivity contribution in [1.29, 1.82) is 0 Å². The van der Waals surface area contributed by atoms with Crippen LogP contribution in [0.1, 0.15) is 37.0 Å². The number of hydrogen-bond donors (Lipinski definition) is 1. The predicted octanol–water partition coefficient (Wildman–Crippen LogP) is 3.29. The van der Waals surface area contributed by atoms with Crippen molar-refractivity contribution in [2.45, 2.75) is 32.7 Å². The summed E-state index contributed by atoms with van der Waals surface area (Å²) in [6.07, 6.45) is 2.27. The number of carbonyl (C=O) groups excluding carboxylic acids is 1. The number of nitrogens with zero attached hydrogens (tertiary/aromatic N) is 1. The number of nitrogen functional groups attached to an aromatic ring is 1. The molecule has 1 aliphatic rings. The van der Waals surface area contributed by atoms with Crippen molar-refractivity contribution < 1.29 is 4.79 Å². The highest BCUT2D eigenvalue weighted by molar-refractivity contribution is 9.10. The van der Waals surface area contributed by atoms with E-state index < -0.39 is 0 Å². The number of rotatable bonds is 1. The Labute approximate surface area is 116 Å². The maximum atomic E-state index is 12.5. The number of anilines is 1. The highest BCUT2D eigenvalue weighted by Crippen LogP contribution is 2.27. The number of piperidine rings is 1. The Morgan fingerprint density at radius 2 is 2.17 bits per heavy atom. The molecule has 0 aliphatic carbocycles. The van der Waals surface area contributed by atoms with E-state index >= 15 is 0 Å². The molecule has 1 aromatic rings. The Morgan fingerprint density at radius 3 is 2.83 bits per heavy atom. The first kappa shape index (κ1) is 13.4. The van der Waals surface area contributed by atoms with E-state index in [1.165, 1.54) is 6.42 Å². The molecule has 1 heterocycles.